The van der Waals surface area contributed by atoms with Crippen molar-refractivity contribution in [2.75, 3.05) is 13.4 Å². The van der Waals surface area contributed by atoms with Crippen molar-refractivity contribution in [3.05, 3.63) is 120 Å². The minimum atomic E-state index is -3.31. The van der Waals surface area contributed by atoms with Gasteiger partial charge in [-0.2, -0.15) is 5.10 Å². The van der Waals surface area contributed by atoms with Crippen LogP contribution in [0.25, 0.3) is 44.4 Å². The van der Waals surface area contributed by atoms with E-state index >= 15 is 0 Å². The third-order valence-corrected chi connectivity index (χ3v) is 9.27. The van der Waals surface area contributed by atoms with E-state index in [4.69, 9.17) is 9.47 Å². The number of hydrogen-bond donors (Lipinski definition) is 0. The molecule has 4 aromatic carbocycles. The molecule has 46 heavy (non-hydrogen) atoms. The highest BCUT2D eigenvalue weighted by Gasteiger charge is 2.17. The van der Waals surface area contributed by atoms with Crippen LogP contribution in [0.1, 0.15) is 16.7 Å². The van der Waals surface area contributed by atoms with Gasteiger partial charge in [0.05, 0.1) is 34.9 Å². The van der Waals surface area contributed by atoms with Crippen LogP contribution in [-0.4, -0.2) is 41.1 Å². The van der Waals surface area contributed by atoms with E-state index in [1.165, 1.54) is 6.26 Å². The van der Waals surface area contributed by atoms with Gasteiger partial charge in [0.15, 0.2) is 9.84 Å². The van der Waals surface area contributed by atoms with E-state index in [0.717, 1.165) is 61.1 Å². The molecule has 0 aliphatic carbocycles. The third-order valence-electron chi connectivity index (χ3n) is 8.18. The summed E-state index contributed by atoms with van der Waals surface area (Å²) in [5, 5.41) is 6.88. The maximum absolute atomic E-state index is 12.2. The summed E-state index contributed by atoms with van der Waals surface area (Å²) in [5.74, 6) is 2.72. The number of aromatic nitrogens is 4. The first kappa shape index (κ1) is 29.3. The molecular weight excluding hydrogens is 596 g/mol. The van der Waals surface area contributed by atoms with Gasteiger partial charge in [0.2, 0.25) is 0 Å². The molecule has 0 amide bonds. The summed E-state index contributed by atoms with van der Waals surface area (Å²) in [6, 6.07) is 27.5. The maximum Gasteiger partial charge on any atom is 0.175 e. The predicted molar refractivity (Wildman–Crippen MR) is 182 cm³/mol. The first-order valence-corrected chi connectivity index (χ1v) is 16.7. The summed E-state index contributed by atoms with van der Waals surface area (Å²) in [4.78, 5) is 4.99. The topological polar surface area (TPSA) is 88.2 Å². The monoisotopic (exact) mass is 628 g/mol. The molecule has 0 unspecified atom stereocenters. The molecule has 0 radical (unpaired) electrons. The molecule has 0 N–H and O–H groups in total. The molecule has 0 bridgehead atoms. The standard InChI is InChI=1S/C37H32N4O4S/c1-23-12-13-38-36(14-23)41-34-9-7-6-8-32(34)33-11-10-28(20-35(33)41)45-30-18-27(17-29(19-30)44-4)40-22-26(21-39-40)37-24(2)15-31(16-25(37)3)46(5,42)43/h6-22H,1-5H3. The quantitative estimate of drug-likeness (QED) is 0.177. The van der Waals surface area contributed by atoms with E-state index < -0.39 is 9.84 Å². The lowest BCUT2D eigenvalue weighted by atomic mass is 9.98. The van der Waals surface area contributed by atoms with Gasteiger partial charge in [-0.05, 0) is 85.5 Å². The van der Waals surface area contributed by atoms with Gasteiger partial charge >= 0.3 is 0 Å². The van der Waals surface area contributed by atoms with Crippen LogP contribution in [0.3, 0.4) is 0 Å². The first-order chi connectivity index (χ1) is 22.1. The summed E-state index contributed by atoms with van der Waals surface area (Å²) in [7, 11) is -1.70. The van der Waals surface area contributed by atoms with Gasteiger partial charge in [0.25, 0.3) is 0 Å². The zero-order valence-corrected chi connectivity index (χ0v) is 27.0. The Labute approximate surface area is 267 Å². The molecule has 0 aliphatic rings. The molecule has 8 nitrogen and oxygen atoms in total. The molecule has 7 aromatic rings. The van der Waals surface area contributed by atoms with Crippen LogP contribution >= 0.6 is 0 Å². The Bertz CT molecular complexity index is 2380. The normalized spacial score (nSPS) is 11.8. The van der Waals surface area contributed by atoms with Crippen molar-refractivity contribution in [3.8, 4) is 39.9 Å². The van der Waals surface area contributed by atoms with E-state index in [2.05, 4.69) is 45.8 Å². The van der Waals surface area contributed by atoms with Crippen molar-refractivity contribution in [1.82, 2.24) is 19.3 Å². The number of aryl methyl sites for hydroxylation is 3. The molecule has 0 atom stereocenters. The molecule has 0 saturated carbocycles. The fourth-order valence-electron chi connectivity index (χ4n) is 6.09. The van der Waals surface area contributed by atoms with E-state index in [1.54, 1.807) is 30.1 Å². The Morgan fingerprint density at radius 3 is 2.24 bits per heavy atom. The number of pyridine rings is 1. The van der Waals surface area contributed by atoms with Crippen molar-refractivity contribution >= 4 is 31.6 Å². The van der Waals surface area contributed by atoms with E-state index in [1.807, 2.05) is 74.8 Å². The number of methoxy groups -OCH3 is 1. The third kappa shape index (κ3) is 5.28. The second-order valence-corrected chi connectivity index (χ2v) is 13.6. The second-order valence-electron chi connectivity index (χ2n) is 11.6. The number of nitrogens with zero attached hydrogens (tertiary/aromatic N) is 4. The SMILES string of the molecule is COc1cc(Oc2ccc3c4ccccc4n(-c4cc(C)ccn4)c3c2)cc(-n2cc(-c3c(C)cc(S(C)(=O)=O)cc3C)cn2)c1. The number of fused-ring (bicyclic) bond motifs is 3. The van der Waals surface area contributed by atoms with E-state index in [0.29, 0.717) is 22.1 Å². The second kappa shape index (κ2) is 11.2. The summed E-state index contributed by atoms with van der Waals surface area (Å²) in [6.45, 7) is 5.89. The van der Waals surface area contributed by atoms with Crippen molar-refractivity contribution in [2.24, 2.45) is 0 Å². The fourth-order valence-corrected chi connectivity index (χ4v) is 6.87. The molecule has 7 rings (SSSR count). The van der Waals surface area contributed by atoms with Crippen molar-refractivity contribution < 1.29 is 17.9 Å². The largest absolute Gasteiger partial charge is 0.497 e. The summed E-state index contributed by atoms with van der Waals surface area (Å²) >= 11 is 0. The van der Waals surface area contributed by atoms with Gasteiger partial charge in [-0.25, -0.2) is 18.1 Å². The Balaban J connectivity index is 1.27. The highest BCUT2D eigenvalue weighted by atomic mass is 32.2. The van der Waals surface area contributed by atoms with E-state index in [-0.39, 0.29) is 0 Å². The van der Waals surface area contributed by atoms with Gasteiger partial charge in [-0.15, -0.1) is 0 Å². The van der Waals surface area contributed by atoms with Crippen LogP contribution < -0.4 is 9.47 Å². The fraction of sp³-hybridized carbons (Fsp3) is 0.135. The highest BCUT2D eigenvalue weighted by Crippen LogP contribution is 2.37. The summed E-state index contributed by atoms with van der Waals surface area (Å²) in [6.07, 6.45) is 6.76. The number of para-hydroxylation sites is 1. The van der Waals surface area contributed by atoms with Crippen LogP contribution in [0.2, 0.25) is 0 Å². The first-order valence-electron chi connectivity index (χ1n) is 14.8. The van der Waals surface area contributed by atoms with Crippen LogP contribution in [-0.2, 0) is 9.84 Å². The van der Waals surface area contributed by atoms with Gasteiger partial charge < -0.3 is 9.47 Å². The lowest BCUT2D eigenvalue weighted by Gasteiger charge is -2.12. The van der Waals surface area contributed by atoms with Crippen LogP contribution in [0.15, 0.2) is 108 Å². The lowest BCUT2D eigenvalue weighted by molar-refractivity contribution is 0.408. The molecule has 3 aromatic heterocycles. The van der Waals surface area contributed by atoms with Crippen LogP contribution in [0.4, 0.5) is 0 Å². The Kier molecular flexibility index (Phi) is 7.13. The predicted octanol–water partition coefficient (Wildman–Crippen LogP) is 8.16. The Hall–Kier alpha value is -5.41. The van der Waals surface area contributed by atoms with E-state index in [9.17, 15) is 8.42 Å². The van der Waals surface area contributed by atoms with Gasteiger partial charge in [-0.3, -0.25) is 4.57 Å². The number of ether oxygens (including phenoxy) is 2. The molecule has 230 valence electrons. The van der Waals surface area contributed by atoms with Gasteiger partial charge in [0.1, 0.15) is 23.1 Å². The average Bonchev–Trinajstić information content (AvgIpc) is 3.63. The van der Waals surface area contributed by atoms with Gasteiger partial charge in [-0.1, -0.05) is 18.2 Å². The summed E-state index contributed by atoms with van der Waals surface area (Å²) < 4.78 is 40.3. The smallest absolute Gasteiger partial charge is 0.175 e. The molecule has 0 saturated heterocycles. The van der Waals surface area contributed by atoms with Crippen molar-refractivity contribution in [3.63, 3.8) is 0 Å². The highest BCUT2D eigenvalue weighted by molar-refractivity contribution is 7.90. The minimum absolute atomic E-state index is 0.307. The zero-order valence-electron chi connectivity index (χ0n) is 26.1. The number of hydrogen-bond acceptors (Lipinski definition) is 6. The minimum Gasteiger partial charge on any atom is -0.497 e. The number of sulfone groups is 1. The number of benzene rings is 4. The maximum atomic E-state index is 12.2. The van der Waals surface area contributed by atoms with Crippen LogP contribution in [0.5, 0.6) is 17.2 Å². The van der Waals surface area contributed by atoms with Crippen LogP contribution in [0, 0.1) is 20.8 Å². The average molecular weight is 629 g/mol. The summed E-state index contributed by atoms with van der Waals surface area (Å²) in [5.41, 5.74) is 7.50. The van der Waals surface area contributed by atoms with Crippen molar-refractivity contribution in [2.45, 2.75) is 25.7 Å². The molecule has 3 heterocycles. The van der Waals surface area contributed by atoms with Crippen molar-refractivity contribution in [1.29, 1.82) is 0 Å². The Morgan fingerprint density at radius 2 is 1.50 bits per heavy atom. The zero-order chi connectivity index (χ0) is 32.2. The lowest BCUT2D eigenvalue weighted by Crippen LogP contribution is -2.00. The Morgan fingerprint density at radius 1 is 0.761 bits per heavy atom. The van der Waals surface area contributed by atoms with Gasteiger partial charge in [0, 0.05) is 59.3 Å². The number of rotatable bonds is 7. The molecular formula is C37H32N4O4S. The molecule has 0 spiro atoms. The molecule has 0 fully saturated rings. The molecule has 9 heteroatoms. The molecule has 0 aliphatic heterocycles.